The molecule has 0 amide bonds. The lowest BCUT2D eigenvalue weighted by atomic mass is 9.84. The largest absolute Gasteiger partial charge is 0.326 e. The smallest absolute Gasteiger partial charge is 0.137 e. The van der Waals surface area contributed by atoms with Crippen LogP contribution in [0.1, 0.15) is 24.8 Å². The molecule has 0 saturated heterocycles. The predicted octanol–water partition coefficient (Wildman–Crippen LogP) is 2.73. The molecule has 1 aromatic carbocycles. The van der Waals surface area contributed by atoms with Gasteiger partial charge in [0.2, 0.25) is 0 Å². The van der Waals surface area contributed by atoms with Crippen molar-refractivity contribution in [3.05, 3.63) is 29.8 Å². The van der Waals surface area contributed by atoms with Gasteiger partial charge in [0.05, 0.1) is 35.1 Å². The molecule has 0 atom stereocenters. The van der Waals surface area contributed by atoms with Crippen LogP contribution in [-0.4, -0.2) is 22.0 Å². The van der Waals surface area contributed by atoms with E-state index >= 15 is 0 Å². The lowest BCUT2D eigenvalue weighted by molar-refractivity contribution is 0.386. The van der Waals surface area contributed by atoms with Crippen LogP contribution in [0.25, 0.3) is 0 Å². The van der Waals surface area contributed by atoms with Crippen LogP contribution in [0.2, 0.25) is 0 Å². The van der Waals surface area contributed by atoms with Crippen LogP contribution in [-0.2, 0) is 6.54 Å². The Balaban J connectivity index is 1.81. The summed E-state index contributed by atoms with van der Waals surface area (Å²) in [5.74, 6) is 1.92. The van der Waals surface area contributed by atoms with E-state index in [0.29, 0.717) is 12.5 Å². The minimum absolute atomic E-state index is 0.596. The van der Waals surface area contributed by atoms with E-state index in [0.717, 1.165) is 13.1 Å². The quantitative estimate of drug-likeness (QED) is 0.658. The van der Waals surface area contributed by atoms with Gasteiger partial charge in [-0.1, -0.05) is 18.6 Å². The minimum Gasteiger partial charge on any atom is -0.326 e. The fourth-order valence-electron chi connectivity index (χ4n) is 2.46. The molecule has 3 rings (SSSR count). The normalized spacial score (nSPS) is 20.2. The molecule has 102 valence electrons. The fourth-order valence-corrected chi connectivity index (χ4v) is 3.16. The van der Waals surface area contributed by atoms with Crippen molar-refractivity contribution in [1.29, 1.82) is 0 Å². The van der Waals surface area contributed by atoms with Crippen molar-refractivity contribution in [2.75, 3.05) is 18.1 Å². The van der Waals surface area contributed by atoms with Gasteiger partial charge in [0.15, 0.2) is 0 Å². The molecule has 0 bridgehead atoms. The zero-order valence-electron chi connectivity index (χ0n) is 10.9. The Kier molecular flexibility index (Phi) is 3.93. The van der Waals surface area contributed by atoms with Crippen LogP contribution in [0.15, 0.2) is 29.4 Å². The maximum atomic E-state index is 5.64. The maximum absolute atomic E-state index is 5.64. The van der Waals surface area contributed by atoms with Gasteiger partial charge in [0.25, 0.3) is 0 Å². The van der Waals surface area contributed by atoms with Gasteiger partial charge in [-0.2, -0.15) is 5.10 Å². The number of rotatable bonds is 3. The molecule has 0 aromatic heterocycles. The summed E-state index contributed by atoms with van der Waals surface area (Å²) >= 11 is 2.39. The molecule has 0 spiro atoms. The molecule has 1 fully saturated rings. The van der Waals surface area contributed by atoms with Crippen LogP contribution >= 0.6 is 22.9 Å². The summed E-state index contributed by atoms with van der Waals surface area (Å²) in [6, 6.07) is 8.41. The standard InChI is InChI=1S/C14H19IN4/c15-18-8-9-19(17-14(18)12-2-1-3-12)13-6-4-11(10-16)5-7-13/h4-7,12H,1-3,8-10,16H2. The number of nitrogens with two attached hydrogens (primary N) is 1. The van der Waals surface area contributed by atoms with Gasteiger partial charge < -0.3 is 5.73 Å². The first-order valence-electron chi connectivity index (χ1n) is 6.86. The molecule has 0 unspecified atom stereocenters. The third kappa shape index (κ3) is 2.72. The predicted molar refractivity (Wildman–Crippen MR) is 87.2 cm³/mol. The molecular formula is C14H19IN4. The highest BCUT2D eigenvalue weighted by molar-refractivity contribution is 14.1. The van der Waals surface area contributed by atoms with Crippen LogP contribution < -0.4 is 10.7 Å². The van der Waals surface area contributed by atoms with Crippen LogP contribution in [0, 0.1) is 5.92 Å². The van der Waals surface area contributed by atoms with Crippen molar-refractivity contribution < 1.29 is 0 Å². The van der Waals surface area contributed by atoms with E-state index in [9.17, 15) is 0 Å². The lowest BCUT2D eigenvalue weighted by Crippen LogP contribution is -2.43. The van der Waals surface area contributed by atoms with Gasteiger partial charge in [0, 0.05) is 19.0 Å². The second kappa shape index (κ2) is 5.66. The summed E-state index contributed by atoms with van der Waals surface area (Å²) in [6.45, 7) is 2.58. The van der Waals surface area contributed by atoms with Crippen LogP contribution in [0.5, 0.6) is 0 Å². The van der Waals surface area contributed by atoms with E-state index in [4.69, 9.17) is 10.8 Å². The van der Waals surface area contributed by atoms with Gasteiger partial charge in [-0.3, -0.25) is 8.12 Å². The number of halogens is 1. The second-order valence-electron chi connectivity index (χ2n) is 5.17. The van der Waals surface area contributed by atoms with Gasteiger partial charge in [-0.15, -0.1) is 0 Å². The van der Waals surface area contributed by atoms with E-state index < -0.39 is 0 Å². The first kappa shape index (κ1) is 13.2. The van der Waals surface area contributed by atoms with E-state index in [2.05, 4.69) is 55.3 Å². The number of nitrogens with zero attached hydrogens (tertiary/aromatic N) is 3. The molecule has 1 aliphatic carbocycles. The third-order valence-corrected chi connectivity index (χ3v) is 4.90. The van der Waals surface area contributed by atoms with Crippen molar-refractivity contribution in [1.82, 2.24) is 3.11 Å². The summed E-state index contributed by atoms with van der Waals surface area (Å²) in [4.78, 5) is 0. The molecule has 5 heteroatoms. The Labute approximate surface area is 128 Å². The molecule has 2 N–H and O–H groups in total. The Morgan fingerprint density at radius 1 is 1.21 bits per heavy atom. The summed E-state index contributed by atoms with van der Waals surface area (Å²) in [5.41, 5.74) is 7.97. The lowest BCUT2D eigenvalue weighted by Gasteiger charge is -2.37. The van der Waals surface area contributed by atoms with Crippen molar-refractivity contribution in [2.24, 2.45) is 16.8 Å². The number of amidine groups is 1. The van der Waals surface area contributed by atoms with Crippen molar-refractivity contribution in [3.63, 3.8) is 0 Å². The number of hydrazone groups is 1. The van der Waals surface area contributed by atoms with Crippen molar-refractivity contribution in [3.8, 4) is 0 Å². The van der Waals surface area contributed by atoms with E-state index in [1.807, 2.05) is 0 Å². The fraction of sp³-hybridized carbons (Fsp3) is 0.500. The molecule has 19 heavy (non-hydrogen) atoms. The Hall–Kier alpha value is -0.820. The molecule has 0 radical (unpaired) electrons. The maximum Gasteiger partial charge on any atom is 0.137 e. The topological polar surface area (TPSA) is 44.9 Å². The Morgan fingerprint density at radius 2 is 1.95 bits per heavy atom. The van der Waals surface area contributed by atoms with E-state index in [1.165, 1.54) is 36.3 Å². The first-order valence-corrected chi connectivity index (χ1v) is 7.83. The minimum atomic E-state index is 0.596. The summed E-state index contributed by atoms with van der Waals surface area (Å²) < 4.78 is 2.28. The van der Waals surface area contributed by atoms with Crippen LogP contribution in [0.3, 0.4) is 0 Å². The molecule has 2 aliphatic rings. The second-order valence-corrected chi connectivity index (χ2v) is 6.33. The highest BCUT2D eigenvalue weighted by Gasteiger charge is 2.30. The summed E-state index contributed by atoms with van der Waals surface area (Å²) in [7, 11) is 0. The van der Waals surface area contributed by atoms with Gasteiger partial charge in [-0.25, -0.2) is 0 Å². The zero-order chi connectivity index (χ0) is 13.2. The monoisotopic (exact) mass is 370 g/mol. The SMILES string of the molecule is NCc1ccc(N2CCN(I)C(C3CCC3)=N2)cc1. The number of anilines is 1. The molecule has 1 aromatic rings. The van der Waals surface area contributed by atoms with Gasteiger partial charge >= 0.3 is 0 Å². The molecule has 1 aliphatic heterocycles. The highest BCUT2D eigenvalue weighted by atomic mass is 127. The number of benzene rings is 1. The number of hydrogen-bond acceptors (Lipinski definition) is 4. The van der Waals surface area contributed by atoms with E-state index in [-0.39, 0.29) is 0 Å². The summed E-state index contributed by atoms with van der Waals surface area (Å²) in [6.07, 6.45) is 3.93. The average molecular weight is 370 g/mol. The van der Waals surface area contributed by atoms with Crippen LogP contribution in [0.4, 0.5) is 5.69 Å². The van der Waals surface area contributed by atoms with Gasteiger partial charge in [0.1, 0.15) is 5.84 Å². The first-order chi connectivity index (χ1) is 9.28. The Bertz CT molecular complexity index is 467. The van der Waals surface area contributed by atoms with Crippen molar-refractivity contribution in [2.45, 2.75) is 25.8 Å². The van der Waals surface area contributed by atoms with E-state index in [1.54, 1.807) is 0 Å². The van der Waals surface area contributed by atoms with Gasteiger partial charge in [-0.05, 0) is 30.5 Å². The molecule has 1 saturated carbocycles. The molecule has 4 nitrogen and oxygen atoms in total. The Morgan fingerprint density at radius 3 is 2.53 bits per heavy atom. The average Bonchev–Trinajstić information content (AvgIpc) is 2.39. The zero-order valence-corrected chi connectivity index (χ0v) is 13.1. The number of hydrogen-bond donors (Lipinski definition) is 1. The molecule has 1 heterocycles. The summed E-state index contributed by atoms with van der Waals surface area (Å²) in [5, 5.41) is 6.98. The van der Waals surface area contributed by atoms with Crippen molar-refractivity contribution >= 4 is 34.4 Å². The highest BCUT2D eigenvalue weighted by Crippen LogP contribution is 2.32. The third-order valence-electron chi connectivity index (χ3n) is 3.92. The molecular weight excluding hydrogens is 351 g/mol.